The van der Waals surface area contributed by atoms with E-state index < -0.39 is 54.5 Å². The summed E-state index contributed by atoms with van der Waals surface area (Å²) in [5.74, 6) is -3.70. The van der Waals surface area contributed by atoms with Crippen LogP contribution in [0.3, 0.4) is 0 Å². The largest absolute Gasteiger partial charge is 0.508 e. The van der Waals surface area contributed by atoms with Crippen molar-refractivity contribution in [2.24, 2.45) is 11.5 Å². The summed E-state index contributed by atoms with van der Waals surface area (Å²) in [6.07, 6.45) is 1.41. The number of aliphatic hydroxyl groups excluding tert-OH is 1. The van der Waals surface area contributed by atoms with Gasteiger partial charge in [-0.25, -0.2) is 4.79 Å². The van der Waals surface area contributed by atoms with Gasteiger partial charge in [0.25, 0.3) is 0 Å². The minimum Gasteiger partial charge on any atom is -0.508 e. The number of carbonyl (C=O) groups excluding carboxylic acids is 3. The van der Waals surface area contributed by atoms with E-state index in [4.69, 9.17) is 11.5 Å². The molecule has 0 spiro atoms. The minimum absolute atomic E-state index is 0.00150. The van der Waals surface area contributed by atoms with E-state index >= 15 is 0 Å². The Labute approximate surface area is 231 Å². The van der Waals surface area contributed by atoms with Crippen LogP contribution in [-0.4, -0.2) is 81.4 Å². The van der Waals surface area contributed by atoms with Crippen molar-refractivity contribution in [1.82, 2.24) is 16.0 Å². The third-order valence-electron chi connectivity index (χ3n) is 6.12. The number of benzene rings is 2. The quantitative estimate of drug-likeness (QED) is 0.112. The fourth-order valence-corrected chi connectivity index (χ4v) is 3.80. The first-order chi connectivity index (χ1) is 19.0. The lowest BCUT2D eigenvalue weighted by Gasteiger charge is -2.24. The maximum Gasteiger partial charge on any atom is 0.326 e. The Hall–Kier alpha value is -4.20. The summed E-state index contributed by atoms with van der Waals surface area (Å²) in [7, 11) is 0. The lowest BCUT2D eigenvalue weighted by Crippen LogP contribution is -2.58. The van der Waals surface area contributed by atoms with Crippen molar-refractivity contribution in [2.75, 3.05) is 13.2 Å². The van der Waals surface area contributed by atoms with Crippen molar-refractivity contribution in [3.8, 4) is 11.5 Å². The molecule has 4 unspecified atom stereocenters. The first-order valence-corrected chi connectivity index (χ1v) is 12.8. The van der Waals surface area contributed by atoms with Crippen molar-refractivity contribution in [1.29, 1.82) is 0 Å². The number of unbranched alkanes of at least 4 members (excludes halogenated alkanes) is 1. The second-order valence-corrected chi connectivity index (χ2v) is 9.34. The van der Waals surface area contributed by atoms with Crippen LogP contribution in [-0.2, 0) is 32.0 Å². The molecule has 0 aliphatic carbocycles. The zero-order valence-corrected chi connectivity index (χ0v) is 22.0. The molecule has 3 amide bonds. The van der Waals surface area contributed by atoms with E-state index in [0.717, 1.165) is 0 Å². The Bertz CT molecular complexity index is 1130. The van der Waals surface area contributed by atoms with Crippen LogP contribution in [0.4, 0.5) is 0 Å². The van der Waals surface area contributed by atoms with Gasteiger partial charge in [0.15, 0.2) is 0 Å². The SMILES string of the molecule is NCCCCC(N)C(=O)NC(CO)C(=O)NC(Cc1ccc(O)cc1)C(=O)NC(Cc1ccc(O)cc1)C(=O)O. The highest BCUT2D eigenvalue weighted by Crippen LogP contribution is 2.14. The van der Waals surface area contributed by atoms with Crippen LogP contribution in [0.5, 0.6) is 11.5 Å². The molecule has 2 aromatic carbocycles. The third-order valence-corrected chi connectivity index (χ3v) is 6.12. The first-order valence-electron chi connectivity index (χ1n) is 12.8. The van der Waals surface area contributed by atoms with Crippen molar-refractivity contribution >= 4 is 23.7 Å². The normalized spacial score (nSPS) is 13.9. The molecule has 11 N–H and O–H groups in total. The number of hydrogen-bond acceptors (Lipinski definition) is 9. The number of phenols is 2. The standard InChI is InChI=1S/C27H37N5O8/c28-12-2-1-3-20(29)24(36)32-23(15-33)26(38)30-21(13-16-4-8-18(34)9-5-16)25(37)31-22(27(39)40)14-17-6-10-19(35)11-7-17/h4-11,20-23,33-35H,1-3,12-15,28-29H2,(H,30,38)(H,31,37)(H,32,36)(H,39,40). The number of nitrogens with one attached hydrogen (secondary N) is 3. The van der Waals surface area contributed by atoms with Gasteiger partial charge in [0.1, 0.15) is 29.6 Å². The number of carbonyl (C=O) groups is 4. The molecule has 0 aromatic heterocycles. The predicted octanol–water partition coefficient (Wildman–Crippen LogP) is -1.13. The van der Waals surface area contributed by atoms with Crippen molar-refractivity contribution < 1.29 is 39.6 Å². The van der Waals surface area contributed by atoms with Gasteiger partial charge in [-0.2, -0.15) is 0 Å². The Morgan fingerprint density at radius 1 is 0.700 bits per heavy atom. The van der Waals surface area contributed by atoms with Gasteiger partial charge in [0.2, 0.25) is 17.7 Å². The van der Waals surface area contributed by atoms with Gasteiger partial charge in [-0.05, 0) is 54.8 Å². The number of amides is 3. The monoisotopic (exact) mass is 559 g/mol. The van der Waals surface area contributed by atoms with E-state index in [1.54, 1.807) is 0 Å². The number of carboxylic acids is 1. The summed E-state index contributed by atoms with van der Waals surface area (Å²) in [4.78, 5) is 50.6. The van der Waals surface area contributed by atoms with Crippen molar-refractivity contribution in [2.45, 2.75) is 56.3 Å². The fraction of sp³-hybridized carbons (Fsp3) is 0.407. The van der Waals surface area contributed by atoms with Crippen LogP contribution in [0.25, 0.3) is 0 Å². The van der Waals surface area contributed by atoms with E-state index in [-0.39, 0.29) is 24.3 Å². The molecule has 13 heteroatoms. The molecular weight excluding hydrogens is 522 g/mol. The Kier molecular flexibility index (Phi) is 12.8. The molecule has 13 nitrogen and oxygen atoms in total. The smallest absolute Gasteiger partial charge is 0.326 e. The summed E-state index contributed by atoms with van der Waals surface area (Å²) >= 11 is 0. The second kappa shape index (κ2) is 16.0. The van der Waals surface area contributed by atoms with Gasteiger partial charge in [-0.1, -0.05) is 30.7 Å². The zero-order valence-electron chi connectivity index (χ0n) is 22.0. The van der Waals surface area contributed by atoms with Gasteiger partial charge in [-0.15, -0.1) is 0 Å². The predicted molar refractivity (Wildman–Crippen MR) is 145 cm³/mol. The highest BCUT2D eigenvalue weighted by atomic mass is 16.4. The lowest BCUT2D eigenvalue weighted by molar-refractivity contribution is -0.142. The van der Waals surface area contributed by atoms with E-state index in [1.165, 1.54) is 48.5 Å². The number of phenolic OH excluding ortho intramolecular Hbond substituents is 2. The molecule has 0 aliphatic rings. The van der Waals surface area contributed by atoms with Crippen LogP contribution < -0.4 is 27.4 Å². The van der Waals surface area contributed by atoms with Crippen molar-refractivity contribution in [3.05, 3.63) is 59.7 Å². The summed E-state index contributed by atoms with van der Waals surface area (Å²) in [5, 5.41) is 45.7. The number of hydrogen-bond donors (Lipinski definition) is 9. The highest BCUT2D eigenvalue weighted by Gasteiger charge is 2.30. The minimum atomic E-state index is -1.42. The Morgan fingerprint density at radius 2 is 1.15 bits per heavy atom. The van der Waals surface area contributed by atoms with E-state index in [2.05, 4.69) is 16.0 Å². The number of carboxylic acid groups (broad SMARTS) is 1. The Morgan fingerprint density at radius 3 is 1.62 bits per heavy atom. The maximum absolute atomic E-state index is 13.2. The first kappa shape index (κ1) is 32.0. The van der Waals surface area contributed by atoms with Gasteiger partial charge in [0.05, 0.1) is 12.6 Å². The number of aliphatic hydroxyl groups is 1. The highest BCUT2D eigenvalue weighted by molar-refractivity contribution is 5.94. The molecule has 2 aromatic rings. The third kappa shape index (κ3) is 10.5. The molecule has 0 radical (unpaired) electrons. The zero-order chi connectivity index (χ0) is 29.7. The van der Waals surface area contributed by atoms with Crippen LogP contribution in [0.1, 0.15) is 30.4 Å². The summed E-state index contributed by atoms with van der Waals surface area (Å²) in [5.41, 5.74) is 12.4. The molecule has 0 saturated carbocycles. The molecule has 0 bridgehead atoms. The van der Waals surface area contributed by atoms with Gasteiger partial charge < -0.3 is 47.8 Å². The molecule has 0 fully saturated rings. The molecule has 218 valence electrons. The molecule has 2 rings (SSSR count). The average Bonchev–Trinajstić information content (AvgIpc) is 2.92. The number of rotatable bonds is 16. The number of aromatic hydroxyl groups is 2. The second-order valence-electron chi connectivity index (χ2n) is 9.34. The van der Waals surface area contributed by atoms with Crippen LogP contribution in [0.15, 0.2) is 48.5 Å². The van der Waals surface area contributed by atoms with Gasteiger partial charge in [-0.3, -0.25) is 14.4 Å². The molecule has 0 saturated heterocycles. The van der Waals surface area contributed by atoms with Crippen LogP contribution in [0, 0.1) is 0 Å². The van der Waals surface area contributed by atoms with Gasteiger partial charge >= 0.3 is 5.97 Å². The van der Waals surface area contributed by atoms with Crippen LogP contribution in [0.2, 0.25) is 0 Å². The molecule has 0 heterocycles. The fourth-order valence-electron chi connectivity index (χ4n) is 3.80. The number of nitrogens with two attached hydrogens (primary N) is 2. The van der Waals surface area contributed by atoms with Gasteiger partial charge in [0, 0.05) is 12.8 Å². The number of aliphatic carboxylic acids is 1. The lowest BCUT2D eigenvalue weighted by atomic mass is 10.0. The molecule has 0 aliphatic heterocycles. The van der Waals surface area contributed by atoms with Crippen molar-refractivity contribution in [3.63, 3.8) is 0 Å². The summed E-state index contributed by atoms with van der Waals surface area (Å²) < 4.78 is 0. The summed E-state index contributed by atoms with van der Waals surface area (Å²) in [6, 6.07) is 6.62. The van der Waals surface area contributed by atoms with E-state index in [1.807, 2.05) is 0 Å². The Balaban J connectivity index is 2.17. The average molecular weight is 560 g/mol. The van der Waals surface area contributed by atoms with E-state index in [0.29, 0.717) is 36.9 Å². The summed E-state index contributed by atoms with van der Waals surface area (Å²) in [6.45, 7) is -0.336. The molecular formula is C27H37N5O8. The van der Waals surface area contributed by atoms with Crippen LogP contribution >= 0.6 is 0 Å². The maximum atomic E-state index is 13.2. The molecule has 40 heavy (non-hydrogen) atoms. The molecule has 4 atom stereocenters. The van der Waals surface area contributed by atoms with E-state index in [9.17, 15) is 39.6 Å². The topological polar surface area (TPSA) is 237 Å².